The van der Waals surface area contributed by atoms with E-state index < -0.39 is 0 Å². The molecule has 0 radical (unpaired) electrons. The fraction of sp³-hybridized carbons (Fsp3) is 0.235. The zero-order chi connectivity index (χ0) is 14.0. The highest BCUT2D eigenvalue weighted by Gasteiger charge is 2.46. The molecule has 0 fully saturated rings. The molecule has 3 aliphatic heterocycles. The van der Waals surface area contributed by atoms with Crippen LogP contribution in [-0.4, -0.2) is 26.6 Å². The van der Waals surface area contributed by atoms with Gasteiger partial charge in [0.25, 0.3) is 0 Å². The van der Waals surface area contributed by atoms with Crippen LogP contribution in [-0.2, 0) is 5.41 Å². The Hall–Kier alpha value is -2.49. The molecule has 0 N–H and O–H groups in total. The lowest BCUT2D eigenvalue weighted by atomic mass is 9.78. The Morgan fingerprint density at radius 3 is 2.95 bits per heavy atom. The van der Waals surface area contributed by atoms with Crippen LogP contribution in [0, 0.1) is 0 Å². The average molecular weight is 278 g/mol. The van der Waals surface area contributed by atoms with Crippen LogP contribution in [0.4, 0.5) is 11.4 Å². The summed E-state index contributed by atoms with van der Waals surface area (Å²) in [5, 5.41) is 0. The molecule has 3 heterocycles. The van der Waals surface area contributed by atoms with E-state index in [9.17, 15) is 0 Å². The minimum Gasteiger partial charge on any atom is -0.491 e. The van der Waals surface area contributed by atoms with Crippen LogP contribution in [0.3, 0.4) is 0 Å². The number of hydrogen-bond donors (Lipinski definition) is 0. The van der Waals surface area contributed by atoms with Gasteiger partial charge in [-0.1, -0.05) is 18.2 Å². The predicted molar refractivity (Wildman–Crippen MR) is 81.2 cm³/mol. The number of nitrogens with zero attached hydrogens (tertiary/aromatic N) is 2. The molecule has 2 aromatic carbocycles. The average Bonchev–Trinajstić information content (AvgIpc) is 3.18. The molecule has 1 spiro atoms. The van der Waals surface area contributed by atoms with Crippen molar-refractivity contribution in [3.05, 3.63) is 47.5 Å². The first-order chi connectivity index (χ1) is 10.3. The predicted octanol–water partition coefficient (Wildman–Crippen LogP) is 2.87. The molecule has 0 bridgehead atoms. The summed E-state index contributed by atoms with van der Waals surface area (Å²) in [6.45, 7) is 1.20. The Morgan fingerprint density at radius 1 is 1.10 bits per heavy atom. The molecule has 5 rings (SSSR count). The van der Waals surface area contributed by atoms with Crippen molar-refractivity contribution >= 4 is 17.6 Å². The van der Waals surface area contributed by atoms with E-state index in [0.29, 0.717) is 13.3 Å². The summed E-state index contributed by atoms with van der Waals surface area (Å²) in [7, 11) is 2.04. The second kappa shape index (κ2) is 3.58. The molecule has 0 amide bonds. The molecule has 0 aliphatic carbocycles. The Morgan fingerprint density at radius 2 is 2.00 bits per heavy atom. The molecule has 1 unspecified atom stereocenters. The fourth-order valence-electron chi connectivity index (χ4n) is 3.48. The molecule has 0 saturated heterocycles. The van der Waals surface area contributed by atoms with Gasteiger partial charge >= 0.3 is 0 Å². The topological polar surface area (TPSA) is 34.1 Å². The number of para-hydroxylation sites is 1. The van der Waals surface area contributed by atoms with Gasteiger partial charge in [-0.25, -0.2) is 0 Å². The van der Waals surface area contributed by atoms with E-state index in [-0.39, 0.29) is 5.41 Å². The third-order valence-electron chi connectivity index (χ3n) is 4.63. The van der Waals surface area contributed by atoms with Crippen molar-refractivity contribution < 1.29 is 9.47 Å². The van der Waals surface area contributed by atoms with Crippen molar-refractivity contribution in [2.75, 3.05) is 25.3 Å². The van der Waals surface area contributed by atoms with Crippen LogP contribution in [0.2, 0.25) is 0 Å². The maximum Gasteiger partial charge on any atom is 0.161 e. The van der Waals surface area contributed by atoms with Gasteiger partial charge in [0, 0.05) is 24.9 Å². The van der Waals surface area contributed by atoms with Gasteiger partial charge in [-0.15, -0.1) is 0 Å². The van der Waals surface area contributed by atoms with Crippen molar-refractivity contribution in [2.24, 2.45) is 4.99 Å². The van der Waals surface area contributed by atoms with Crippen LogP contribution in [0.15, 0.2) is 41.4 Å². The third-order valence-corrected chi connectivity index (χ3v) is 4.63. The Bertz CT molecular complexity index is 799. The smallest absolute Gasteiger partial charge is 0.161 e. The Balaban J connectivity index is 1.76. The molecule has 4 nitrogen and oxygen atoms in total. The van der Waals surface area contributed by atoms with E-state index in [1.54, 1.807) is 0 Å². The van der Waals surface area contributed by atoms with Crippen LogP contribution < -0.4 is 14.4 Å². The summed E-state index contributed by atoms with van der Waals surface area (Å²) in [6, 6.07) is 12.5. The summed E-state index contributed by atoms with van der Waals surface area (Å²) in [4.78, 5) is 6.71. The van der Waals surface area contributed by atoms with Crippen LogP contribution in [0.25, 0.3) is 0 Å². The van der Waals surface area contributed by atoms with Crippen molar-refractivity contribution in [1.82, 2.24) is 0 Å². The second-order valence-corrected chi connectivity index (χ2v) is 5.82. The van der Waals surface area contributed by atoms with Crippen molar-refractivity contribution in [3.63, 3.8) is 0 Å². The van der Waals surface area contributed by atoms with E-state index in [4.69, 9.17) is 9.47 Å². The normalized spacial score (nSPS) is 23.8. The largest absolute Gasteiger partial charge is 0.491 e. The summed E-state index contributed by atoms with van der Waals surface area (Å²) >= 11 is 0. The summed E-state index contributed by atoms with van der Waals surface area (Å²) in [5.74, 6) is 1.81. The molecule has 0 saturated carbocycles. The van der Waals surface area contributed by atoms with Gasteiger partial charge in [0.05, 0.1) is 16.8 Å². The van der Waals surface area contributed by atoms with Gasteiger partial charge in [-0.2, -0.15) is 0 Å². The number of benzene rings is 2. The Kier molecular flexibility index (Phi) is 1.91. The standard InChI is InChI=1S/C17H14N2O2/c1-19-10-21-16-7-15-12(6-14(16)19)17(9-20-15)8-18-13-5-3-2-4-11(13)17/h2-8H,9-10H2,1H3. The zero-order valence-corrected chi connectivity index (χ0v) is 11.7. The first-order valence-corrected chi connectivity index (χ1v) is 7.08. The third kappa shape index (κ3) is 1.27. The molecule has 21 heavy (non-hydrogen) atoms. The highest BCUT2D eigenvalue weighted by Crippen LogP contribution is 2.52. The van der Waals surface area contributed by atoms with Crippen LogP contribution in [0.1, 0.15) is 11.1 Å². The van der Waals surface area contributed by atoms with Crippen molar-refractivity contribution in [2.45, 2.75) is 5.41 Å². The molecule has 0 aromatic heterocycles. The van der Waals surface area contributed by atoms with Crippen LogP contribution in [0.5, 0.6) is 11.5 Å². The highest BCUT2D eigenvalue weighted by atomic mass is 16.5. The van der Waals surface area contributed by atoms with Crippen molar-refractivity contribution in [1.29, 1.82) is 0 Å². The monoisotopic (exact) mass is 278 g/mol. The molecular weight excluding hydrogens is 264 g/mol. The summed E-state index contributed by atoms with van der Waals surface area (Å²) in [5.41, 5.74) is 4.33. The Labute approximate surface area is 122 Å². The van der Waals surface area contributed by atoms with Crippen LogP contribution >= 0.6 is 0 Å². The first-order valence-electron chi connectivity index (χ1n) is 7.08. The van der Waals surface area contributed by atoms with Gasteiger partial charge in [0.15, 0.2) is 6.73 Å². The van der Waals surface area contributed by atoms with E-state index in [1.807, 2.05) is 25.4 Å². The lowest BCUT2D eigenvalue weighted by molar-refractivity contribution is 0.322. The molecular formula is C17H14N2O2. The van der Waals surface area contributed by atoms with E-state index in [0.717, 1.165) is 22.9 Å². The minimum absolute atomic E-state index is 0.246. The molecule has 104 valence electrons. The number of hydrogen-bond acceptors (Lipinski definition) is 4. The van der Waals surface area contributed by atoms with Gasteiger partial charge in [-0.05, 0) is 17.7 Å². The van der Waals surface area contributed by atoms with E-state index in [2.05, 4.69) is 34.2 Å². The van der Waals surface area contributed by atoms with Crippen molar-refractivity contribution in [3.8, 4) is 11.5 Å². The zero-order valence-electron chi connectivity index (χ0n) is 11.7. The van der Waals surface area contributed by atoms with Gasteiger partial charge < -0.3 is 14.4 Å². The second-order valence-electron chi connectivity index (χ2n) is 5.82. The molecule has 2 aromatic rings. The first kappa shape index (κ1) is 11.2. The summed E-state index contributed by atoms with van der Waals surface area (Å²) < 4.78 is 11.6. The SMILES string of the molecule is CN1COc2cc3c(cc21)C1(C=Nc2ccccc21)CO3. The highest BCUT2D eigenvalue weighted by molar-refractivity contribution is 5.92. The molecule has 4 heteroatoms. The lowest BCUT2D eigenvalue weighted by Crippen LogP contribution is -2.29. The van der Waals surface area contributed by atoms with Gasteiger partial charge in [0.1, 0.15) is 18.1 Å². The number of fused-ring (bicyclic) bond motifs is 5. The molecule has 3 aliphatic rings. The number of rotatable bonds is 0. The maximum atomic E-state index is 5.96. The maximum absolute atomic E-state index is 5.96. The minimum atomic E-state index is -0.246. The summed E-state index contributed by atoms with van der Waals surface area (Å²) in [6.07, 6.45) is 2.03. The lowest BCUT2D eigenvalue weighted by Gasteiger charge is -2.21. The van der Waals surface area contributed by atoms with Gasteiger partial charge in [-0.3, -0.25) is 4.99 Å². The number of aliphatic imine (C=N–C) groups is 1. The number of anilines is 1. The van der Waals surface area contributed by atoms with Gasteiger partial charge in [0.2, 0.25) is 0 Å². The molecule has 1 atom stereocenters. The quantitative estimate of drug-likeness (QED) is 0.743. The number of ether oxygens (including phenoxy) is 2. The van der Waals surface area contributed by atoms with E-state index >= 15 is 0 Å². The van der Waals surface area contributed by atoms with E-state index in [1.165, 1.54) is 11.1 Å². The fourth-order valence-corrected chi connectivity index (χ4v) is 3.48.